The molecule has 0 aliphatic carbocycles. The van der Waals surface area contributed by atoms with Crippen LogP contribution >= 0.6 is 0 Å². The molecule has 0 radical (unpaired) electrons. The third-order valence-electron chi connectivity index (χ3n) is 1.87. The van der Waals surface area contributed by atoms with Crippen LogP contribution in [0, 0.1) is 0 Å². The largest absolute Gasteiger partial charge is 0.393 e. The molecule has 84 valence electrons. The van der Waals surface area contributed by atoms with E-state index in [4.69, 9.17) is 5.73 Å². The molecule has 0 aliphatic rings. The average Bonchev–Trinajstić information content (AvgIpc) is 2.14. The van der Waals surface area contributed by atoms with Gasteiger partial charge in [0.1, 0.15) is 5.69 Å². The fourth-order valence-corrected chi connectivity index (χ4v) is 1.22. The molecule has 0 spiro atoms. The van der Waals surface area contributed by atoms with Crippen molar-refractivity contribution < 1.29 is 8.78 Å². The van der Waals surface area contributed by atoms with Crippen LogP contribution in [-0.4, -0.2) is 9.13 Å². The van der Waals surface area contributed by atoms with E-state index in [2.05, 4.69) is 0 Å². The maximum absolute atomic E-state index is 12.4. The lowest BCUT2D eigenvalue weighted by molar-refractivity contribution is 0.0598. The van der Waals surface area contributed by atoms with Crippen LogP contribution in [0.4, 0.5) is 14.5 Å². The standard InChI is InChI=1S/C8H11F2N3O2/c1-2-3-12-4-5(11)6(14)13(7(9)10)8(12)15/h4,7H,2-3,11H2,1H3. The third kappa shape index (κ3) is 2.05. The van der Waals surface area contributed by atoms with Crippen molar-refractivity contribution in [3.8, 4) is 0 Å². The number of nitrogen functional groups attached to an aromatic ring is 1. The van der Waals surface area contributed by atoms with Gasteiger partial charge in [0, 0.05) is 12.7 Å². The van der Waals surface area contributed by atoms with E-state index in [9.17, 15) is 18.4 Å². The first kappa shape index (κ1) is 11.4. The molecule has 0 aliphatic heterocycles. The van der Waals surface area contributed by atoms with Crippen LogP contribution in [0.5, 0.6) is 0 Å². The number of aryl methyl sites for hydroxylation is 1. The maximum atomic E-state index is 12.4. The van der Waals surface area contributed by atoms with Gasteiger partial charge in [-0.15, -0.1) is 0 Å². The van der Waals surface area contributed by atoms with Crippen molar-refractivity contribution in [2.45, 2.75) is 26.4 Å². The minimum atomic E-state index is -3.17. The highest BCUT2D eigenvalue weighted by Crippen LogP contribution is 2.03. The van der Waals surface area contributed by atoms with E-state index in [1.807, 2.05) is 0 Å². The van der Waals surface area contributed by atoms with Gasteiger partial charge in [0.25, 0.3) is 5.56 Å². The first-order chi connectivity index (χ1) is 6.99. The molecule has 1 aromatic rings. The molecule has 0 amide bonds. The number of anilines is 1. The van der Waals surface area contributed by atoms with Gasteiger partial charge in [0.2, 0.25) is 0 Å². The summed E-state index contributed by atoms with van der Waals surface area (Å²) in [5.74, 6) is 0. The van der Waals surface area contributed by atoms with Gasteiger partial charge in [-0.3, -0.25) is 9.36 Å². The van der Waals surface area contributed by atoms with E-state index < -0.39 is 17.8 Å². The molecule has 0 saturated heterocycles. The number of nitrogens with zero attached hydrogens (tertiary/aromatic N) is 2. The van der Waals surface area contributed by atoms with Crippen LogP contribution in [-0.2, 0) is 6.54 Å². The lowest BCUT2D eigenvalue weighted by Crippen LogP contribution is -2.41. The lowest BCUT2D eigenvalue weighted by Gasteiger charge is -2.09. The summed E-state index contributed by atoms with van der Waals surface area (Å²) in [7, 11) is 0. The number of hydrogen-bond acceptors (Lipinski definition) is 3. The van der Waals surface area contributed by atoms with Crippen molar-refractivity contribution in [3.63, 3.8) is 0 Å². The highest BCUT2D eigenvalue weighted by Gasteiger charge is 2.16. The minimum Gasteiger partial charge on any atom is -0.393 e. The van der Waals surface area contributed by atoms with Crippen LogP contribution in [0.1, 0.15) is 19.9 Å². The molecule has 0 fully saturated rings. The summed E-state index contributed by atoms with van der Waals surface area (Å²) < 4.78 is 25.6. The summed E-state index contributed by atoms with van der Waals surface area (Å²) in [5, 5.41) is 0. The molecule has 15 heavy (non-hydrogen) atoms. The second-order valence-corrected chi connectivity index (χ2v) is 3.01. The summed E-state index contributed by atoms with van der Waals surface area (Å²) in [5.41, 5.74) is 2.69. The zero-order valence-electron chi connectivity index (χ0n) is 8.11. The summed E-state index contributed by atoms with van der Waals surface area (Å²) in [6, 6.07) is 0. The molecule has 5 nitrogen and oxygen atoms in total. The van der Waals surface area contributed by atoms with E-state index in [0.717, 1.165) is 10.8 Å². The molecule has 0 atom stereocenters. The molecule has 1 aromatic heterocycles. The number of alkyl halides is 2. The topological polar surface area (TPSA) is 70.0 Å². The monoisotopic (exact) mass is 219 g/mol. The van der Waals surface area contributed by atoms with Crippen LogP contribution in [0.25, 0.3) is 0 Å². The maximum Gasteiger partial charge on any atom is 0.335 e. The average molecular weight is 219 g/mol. The molecule has 0 saturated carbocycles. The van der Waals surface area contributed by atoms with Crippen LogP contribution in [0.2, 0.25) is 0 Å². The van der Waals surface area contributed by atoms with E-state index in [1.165, 1.54) is 0 Å². The summed E-state index contributed by atoms with van der Waals surface area (Å²) in [6.45, 7) is -1.15. The SMILES string of the molecule is CCCn1cc(N)c(=O)n(C(F)F)c1=O. The third-order valence-corrected chi connectivity index (χ3v) is 1.87. The van der Waals surface area contributed by atoms with Crippen LogP contribution in [0.15, 0.2) is 15.8 Å². The number of hydrogen-bond donors (Lipinski definition) is 1. The van der Waals surface area contributed by atoms with Crippen LogP contribution < -0.4 is 17.0 Å². The molecule has 7 heteroatoms. The summed E-state index contributed by atoms with van der Waals surface area (Å²) in [4.78, 5) is 22.5. The van der Waals surface area contributed by atoms with E-state index in [1.54, 1.807) is 6.92 Å². The Morgan fingerprint density at radius 2 is 2.07 bits per heavy atom. The number of nitrogens with two attached hydrogens (primary N) is 1. The molecular formula is C8H11F2N3O2. The van der Waals surface area contributed by atoms with Crippen molar-refractivity contribution in [3.05, 3.63) is 27.0 Å². The first-order valence-electron chi connectivity index (χ1n) is 4.38. The number of aromatic nitrogens is 2. The minimum absolute atomic E-state index is 0.148. The Bertz CT molecular complexity index is 464. The zero-order chi connectivity index (χ0) is 11.6. The molecule has 0 aromatic carbocycles. The first-order valence-corrected chi connectivity index (χ1v) is 4.38. The second-order valence-electron chi connectivity index (χ2n) is 3.01. The Hall–Kier alpha value is -1.66. The van der Waals surface area contributed by atoms with Gasteiger partial charge in [-0.25, -0.2) is 4.79 Å². The van der Waals surface area contributed by atoms with Gasteiger partial charge in [-0.2, -0.15) is 13.3 Å². The molecule has 2 N–H and O–H groups in total. The Morgan fingerprint density at radius 1 is 1.47 bits per heavy atom. The molecule has 1 rings (SSSR count). The predicted octanol–water partition coefficient (Wildman–Crippen LogP) is 0.397. The predicted molar refractivity (Wildman–Crippen MR) is 50.9 cm³/mol. The smallest absolute Gasteiger partial charge is 0.335 e. The Morgan fingerprint density at radius 3 is 2.53 bits per heavy atom. The Balaban J connectivity index is 3.50. The number of halogens is 2. The van der Waals surface area contributed by atoms with E-state index >= 15 is 0 Å². The van der Waals surface area contributed by atoms with Crippen molar-refractivity contribution >= 4 is 5.69 Å². The summed E-state index contributed by atoms with van der Waals surface area (Å²) >= 11 is 0. The van der Waals surface area contributed by atoms with Crippen molar-refractivity contribution in [2.75, 3.05) is 5.73 Å². The van der Waals surface area contributed by atoms with Gasteiger partial charge < -0.3 is 5.73 Å². The van der Waals surface area contributed by atoms with Crippen molar-refractivity contribution in [1.29, 1.82) is 0 Å². The fraction of sp³-hybridized carbons (Fsp3) is 0.500. The zero-order valence-corrected chi connectivity index (χ0v) is 8.11. The quantitative estimate of drug-likeness (QED) is 0.799. The van der Waals surface area contributed by atoms with Crippen molar-refractivity contribution in [2.24, 2.45) is 0 Å². The van der Waals surface area contributed by atoms with Crippen molar-refractivity contribution in [1.82, 2.24) is 9.13 Å². The Kier molecular flexibility index (Phi) is 3.23. The van der Waals surface area contributed by atoms with Gasteiger partial charge in [-0.1, -0.05) is 6.92 Å². The van der Waals surface area contributed by atoms with E-state index in [-0.39, 0.29) is 16.8 Å². The second kappa shape index (κ2) is 4.24. The van der Waals surface area contributed by atoms with Gasteiger partial charge in [0.05, 0.1) is 0 Å². The van der Waals surface area contributed by atoms with Gasteiger partial charge in [0.15, 0.2) is 0 Å². The van der Waals surface area contributed by atoms with E-state index in [0.29, 0.717) is 6.42 Å². The molecule has 0 bridgehead atoms. The molecule has 1 heterocycles. The lowest BCUT2D eigenvalue weighted by atomic mass is 10.4. The number of rotatable bonds is 3. The molecule has 0 unspecified atom stereocenters. The highest BCUT2D eigenvalue weighted by atomic mass is 19.3. The fourth-order valence-electron chi connectivity index (χ4n) is 1.22. The van der Waals surface area contributed by atoms with Gasteiger partial charge >= 0.3 is 12.2 Å². The summed E-state index contributed by atoms with van der Waals surface area (Å²) in [6.07, 6.45) is 1.67. The highest BCUT2D eigenvalue weighted by molar-refractivity contribution is 5.30. The van der Waals surface area contributed by atoms with Gasteiger partial charge in [-0.05, 0) is 6.42 Å². The Labute approximate surface area is 83.7 Å². The van der Waals surface area contributed by atoms with Crippen LogP contribution in [0.3, 0.4) is 0 Å². The normalized spacial score (nSPS) is 10.9. The molecular weight excluding hydrogens is 208 g/mol.